The van der Waals surface area contributed by atoms with Gasteiger partial charge in [0.05, 0.1) is 0 Å². The standard InChI is InChI=1S/C23H14BrN3O4S/c24-14-7-5-13(6-8-14)16-10-9-15(30-16)11-20-22(28)27-23(32-20)25-21(26-27)19-12-29-17-3-1-2-4-18(17)31-19/h1-11,19H,12H2/b20-11-. The molecule has 9 heteroatoms. The molecule has 6 rings (SSSR count). The van der Waals surface area contributed by atoms with E-state index in [1.54, 1.807) is 6.08 Å². The maximum Gasteiger partial charge on any atom is 0.291 e. The Kier molecular flexibility index (Phi) is 4.58. The summed E-state index contributed by atoms with van der Waals surface area (Å²) in [6, 6.07) is 19.0. The Morgan fingerprint density at radius 1 is 1.06 bits per heavy atom. The van der Waals surface area contributed by atoms with E-state index in [1.807, 2.05) is 60.7 Å². The average Bonchev–Trinajstić information content (AvgIpc) is 3.52. The number of thiazole rings is 1. The van der Waals surface area contributed by atoms with Crippen LogP contribution in [0.5, 0.6) is 11.5 Å². The highest BCUT2D eigenvalue weighted by atomic mass is 79.9. The highest BCUT2D eigenvalue weighted by Crippen LogP contribution is 2.35. The Morgan fingerprint density at radius 2 is 1.88 bits per heavy atom. The van der Waals surface area contributed by atoms with Crippen LogP contribution in [0.15, 0.2) is 74.3 Å². The molecule has 0 amide bonds. The number of halogens is 1. The predicted molar refractivity (Wildman–Crippen MR) is 123 cm³/mol. The highest BCUT2D eigenvalue weighted by molar-refractivity contribution is 9.10. The Balaban J connectivity index is 1.30. The number of fused-ring (bicyclic) bond motifs is 2. The van der Waals surface area contributed by atoms with Crippen LogP contribution in [0.4, 0.5) is 0 Å². The van der Waals surface area contributed by atoms with Gasteiger partial charge in [-0.25, -0.2) is 0 Å². The molecule has 0 saturated carbocycles. The van der Waals surface area contributed by atoms with E-state index in [2.05, 4.69) is 26.0 Å². The van der Waals surface area contributed by atoms with Gasteiger partial charge in [0, 0.05) is 16.1 Å². The molecule has 1 unspecified atom stereocenters. The number of ether oxygens (including phenoxy) is 2. The van der Waals surface area contributed by atoms with Crippen LogP contribution < -0.4 is 19.6 Å². The van der Waals surface area contributed by atoms with Crippen molar-refractivity contribution in [3.8, 4) is 22.8 Å². The fourth-order valence-corrected chi connectivity index (χ4v) is 4.62. The highest BCUT2D eigenvalue weighted by Gasteiger charge is 2.27. The van der Waals surface area contributed by atoms with Gasteiger partial charge in [-0.05, 0) is 36.4 Å². The van der Waals surface area contributed by atoms with Gasteiger partial charge in [-0.15, -0.1) is 5.10 Å². The summed E-state index contributed by atoms with van der Waals surface area (Å²) in [6.45, 7) is 0.285. The SMILES string of the molecule is O=c1/c(=C/c2ccc(-c3ccc(Br)cc3)o2)sc2nc(C3COc4ccccc4O3)nn12. The number of rotatable bonds is 3. The van der Waals surface area contributed by atoms with Gasteiger partial charge in [-0.3, -0.25) is 4.79 Å². The topological polar surface area (TPSA) is 78.9 Å². The molecule has 2 aromatic carbocycles. The van der Waals surface area contributed by atoms with Crippen molar-refractivity contribution in [3.05, 3.63) is 91.6 Å². The molecule has 0 bridgehead atoms. The molecule has 4 heterocycles. The van der Waals surface area contributed by atoms with E-state index in [0.717, 1.165) is 15.8 Å². The fourth-order valence-electron chi connectivity index (χ4n) is 3.46. The summed E-state index contributed by atoms with van der Waals surface area (Å²) in [7, 11) is 0. The molecule has 7 nitrogen and oxygen atoms in total. The molecule has 1 aliphatic rings. The lowest BCUT2D eigenvalue weighted by atomic mass is 10.2. The van der Waals surface area contributed by atoms with E-state index < -0.39 is 6.10 Å². The zero-order valence-electron chi connectivity index (χ0n) is 16.4. The smallest absolute Gasteiger partial charge is 0.291 e. The summed E-state index contributed by atoms with van der Waals surface area (Å²) in [5, 5.41) is 4.38. The first-order chi connectivity index (χ1) is 15.6. The second kappa shape index (κ2) is 7.61. The summed E-state index contributed by atoms with van der Waals surface area (Å²) in [6.07, 6.45) is 1.24. The van der Waals surface area contributed by atoms with Gasteiger partial charge in [-0.2, -0.15) is 9.50 Å². The van der Waals surface area contributed by atoms with Crippen LogP contribution in [-0.2, 0) is 0 Å². The minimum atomic E-state index is -0.470. The molecule has 158 valence electrons. The van der Waals surface area contributed by atoms with Crippen molar-refractivity contribution < 1.29 is 13.9 Å². The van der Waals surface area contributed by atoms with Crippen molar-refractivity contribution in [2.24, 2.45) is 0 Å². The van der Waals surface area contributed by atoms with Gasteiger partial charge in [0.15, 0.2) is 23.4 Å². The van der Waals surface area contributed by atoms with Crippen molar-refractivity contribution >= 4 is 38.3 Å². The Labute approximate surface area is 193 Å². The van der Waals surface area contributed by atoms with Crippen LogP contribution in [0.25, 0.3) is 22.4 Å². The third-order valence-corrected chi connectivity index (χ3v) is 6.51. The Morgan fingerprint density at radius 3 is 2.69 bits per heavy atom. The maximum atomic E-state index is 12.9. The van der Waals surface area contributed by atoms with E-state index >= 15 is 0 Å². The van der Waals surface area contributed by atoms with E-state index in [9.17, 15) is 4.79 Å². The fraction of sp³-hybridized carbons (Fsp3) is 0.0870. The summed E-state index contributed by atoms with van der Waals surface area (Å²) in [5.41, 5.74) is 0.709. The summed E-state index contributed by atoms with van der Waals surface area (Å²) in [4.78, 5) is 17.9. The third kappa shape index (κ3) is 3.39. The molecule has 3 aromatic heterocycles. The van der Waals surface area contributed by atoms with E-state index in [-0.39, 0.29) is 12.2 Å². The molecule has 0 aliphatic carbocycles. The Hall–Kier alpha value is -3.43. The number of benzene rings is 2. The van der Waals surface area contributed by atoms with Crippen LogP contribution in [-0.4, -0.2) is 21.2 Å². The second-order valence-corrected chi connectivity index (χ2v) is 9.08. The summed E-state index contributed by atoms with van der Waals surface area (Å²) in [5.74, 6) is 3.06. The quantitative estimate of drug-likeness (QED) is 0.363. The van der Waals surface area contributed by atoms with Crippen LogP contribution in [0, 0.1) is 0 Å². The first-order valence-corrected chi connectivity index (χ1v) is 11.4. The minimum Gasteiger partial charge on any atom is -0.485 e. The molecular formula is C23H14BrN3O4S. The number of hydrogen-bond donors (Lipinski definition) is 0. The van der Waals surface area contributed by atoms with Crippen molar-refractivity contribution in [2.45, 2.75) is 6.10 Å². The molecule has 0 radical (unpaired) electrons. The zero-order chi connectivity index (χ0) is 21.7. The molecule has 0 fully saturated rings. The molecule has 1 atom stereocenters. The van der Waals surface area contributed by atoms with Crippen molar-refractivity contribution in [1.29, 1.82) is 0 Å². The van der Waals surface area contributed by atoms with Gasteiger partial charge in [0.1, 0.15) is 22.7 Å². The summed E-state index contributed by atoms with van der Waals surface area (Å²) >= 11 is 4.68. The number of aromatic nitrogens is 3. The number of hydrogen-bond acceptors (Lipinski definition) is 7. The van der Waals surface area contributed by atoms with E-state index in [1.165, 1.54) is 15.9 Å². The lowest BCUT2D eigenvalue weighted by molar-refractivity contribution is 0.0852. The van der Waals surface area contributed by atoms with Crippen molar-refractivity contribution in [3.63, 3.8) is 0 Å². The number of furan rings is 1. The first-order valence-electron chi connectivity index (χ1n) is 9.79. The van der Waals surface area contributed by atoms with Gasteiger partial charge in [0.25, 0.3) is 5.56 Å². The molecule has 0 saturated heterocycles. The van der Waals surface area contributed by atoms with Gasteiger partial charge in [0.2, 0.25) is 4.96 Å². The lowest BCUT2D eigenvalue weighted by Crippen LogP contribution is -2.26. The largest absolute Gasteiger partial charge is 0.485 e. The first kappa shape index (κ1) is 19.3. The maximum absolute atomic E-state index is 12.9. The molecular weight excluding hydrogens is 494 g/mol. The molecule has 5 aromatic rings. The molecule has 1 aliphatic heterocycles. The van der Waals surface area contributed by atoms with Gasteiger partial charge >= 0.3 is 0 Å². The molecule has 32 heavy (non-hydrogen) atoms. The minimum absolute atomic E-state index is 0.248. The van der Waals surface area contributed by atoms with Crippen LogP contribution >= 0.6 is 27.3 Å². The lowest BCUT2D eigenvalue weighted by Gasteiger charge is -2.24. The third-order valence-electron chi connectivity index (χ3n) is 5.02. The van der Waals surface area contributed by atoms with Crippen LogP contribution in [0.2, 0.25) is 0 Å². The predicted octanol–water partition coefficient (Wildman–Crippen LogP) is 4.23. The van der Waals surface area contributed by atoms with Crippen LogP contribution in [0.3, 0.4) is 0 Å². The summed E-state index contributed by atoms with van der Waals surface area (Å²) < 4.78 is 20.4. The van der Waals surface area contributed by atoms with Crippen LogP contribution in [0.1, 0.15) is 17.7 Å². The normalized spacial score (nSPS) is 16.0. The zero-order valence-corrected chi connectivity index (χ0v) is 18.8. The monoisotopic (exact) mass is 507 g/mol. The van der Waals surface area contributed by atoms with Gasteiger partial charge in [-0.1, -0.05) is 51.5 Å². The van der Waals surface area contributed by atoms with Gasteiger partial charge < -0.3 is 13.9 Å². The van der Waals surface area contributed by atoms with E-state index in [0.29, 0.717) is 32.6 Å². The number of para-hydroxylation sites is 2. The molecule has 0 spiro atoms. The van der Waals surface area contributed by atoms with Crippen molar-refractivity contribution in [1.82, 2.24) is 14.6 Å². The Bertz CT molecular complexity index is 1550. The second-order valence-electron chi connectivity index (χ2n) is 7.15. The van der Waals surface area contributed by atoms with Crippen molar-refractivity contribution in [2.75, 3.05) is 6.61 Å². The number of nitrogens with zero attached hydrogens (tertiary/aromatic N) is 3. The molecule has 0 N–H and O–H groups in total. The van der Waals surface area contributed by atoms with E-state index in [4.69, 9.17) is 13.9 Å². The average molecular weight is 508 g/mol.